The van der Waals surface area contributed by atoms with Crippen molar-refractivity contribution in [1.82, 2.24) is 4.98 Å². The van der Waals surface area contributed by atoms with Crippen LogP contribution in [-0.2, 0) is 6.42 Å². The number of hydrogen-bond donors (Lipinski definition) is 3. The molecule has 0 saturated heterocycles. The quantitative estimate of drug-likeness (QED) is 0.345. The van der Waals surface area contributed by atoms with Gasteiger partial charge in [0.1, 0.15) is 11.5 Å². The molecule has 0 aliphatic rings. The van der Waals surface area contributed by atoms with E-state index >= 15 is 0 Å². The summed E-state index contributed by atoms with van der Waals surface area (Å²) in [6.07, 6.45) is 0.351. The van der Waals surface area contributed by atoms with Crippen LogP contribution in [0.25, 0.3) is 0 Å². The predicted octanol–water partition coefficient (Wildman–Crippen LogP) is 1.93. The summed E-state index contributed by atoms with van der Waals surface area (Å²) >= 11 is 0. The molecule has 0 radical (unpaired) electrons. The number of benzene rings is 1. The highest BCUT2D eigenvalue weighted by Crippen LogP contribution is 2.11. The van der Waals surface area contributed by atoms with E-state index < -0.39 is 0 Å². The van der Waals surface area contributed by atoms with Crippen LogP contribution in [0.5, 0.6) is 0 Å². The van der Waals surface area contributed by atoms with Crippen molar-refractivity contribution >= 4 is 17.4 Å². The molecule has 0 spiro atoms. The summed E-state index contributed by atoms with van der Waals surface area (Å²) < 4.78 is 0. The molecule has 0 fully saturated rings. The van der Waals surface area contributed by atoms with Crippen LogP contribution < -0.4 is 11.1 Å². The summed E-state index contributed by atoms with van der Waals surface area (Å²) in [4.78, 5) is 16.2. The summed E-state index contributed by atoms with van der Waals surface area (Å²) in [6, 6.07) is 12.4. The highest BCUT2D eigenvalue weighted by atomic mass is 16.4. The van der Waals surface area contributed by atoms with E-state index in [2.05, 4.69) is 15.5 Å². The van der Waals surface area contributed by atoms with Crippen molar-refractivity contribution in [2.75, 3.05) is 5.32 Å². The summed E-state index contributed by atoms with van der Waals surface area (Å²) in [5.74, 6) is -0.126. The van der Waals surface area contributed by atoms with Crippen LogP contribution in [0.1, 0.15) is 21.7 Å². The molecule has 6 nitrogen and oxygen atoms in total. The number of nitrogens with zero attached hydrogens (tertiary/aromatic N) is 2. The van der Waals surface area contributed by atoms with E-state index in [0.717, 1.165) is 11.3 Å². The van der Waals surface area contributed by atoms with Crippen molar-refractivity contribution in [2.45, 2.75) is 13.3 Å². The topological polar surface area (TPSA) is 101 Å². The number of carbonyl (C=O) groups is 1. The molecule has 108 valence electrons. The number of aryl methyl sites for hydroxylation is 1. The molecule has 4 N–H and O–H groups in total. The second-order valence-corrected chi connectivity index (χ2v) is 4.58. The van der Waals surface area contributed by atoms with Crippen LogP contribution in [0.2, 0.25) is 0 Å². The van der Waals surface area contributed by atoms with E-state index in [1.165, 1.54) is 0 Å². The molecular weight excluding hydrogens is 268 g/mol. The Labute approximate surface area is 122 Å². The van der Waals surface area contributed by atoms with Crippen molar-refractivity contribution < 1.29 is 10.0 Å². The Bertz CT molecular complexity index is 666. The minimum atomic E-state index is -0.261. The Morgan fingerprint density at radius 1 is 1.29 bits per heavy atom. The molecule has 1 aromatic carbocycles. The number of oxime groups is 1. The molecule has 6 heteroatoms. The Morgan fingerprint density at radius 3 is 2.62 bits per heavy atom. The van der Waals surface area contributed by atoms with E-state index in [0.29, 0.717) is 17.8 Å². The average molecular weight is 284 g/mol. The second-order valence-electron chi connectivity index (χ2n) is 4.58. The molecule has 0 aliphatic heterocycles. The third-order valence-electron chi connectivity index (χ3n) is 2.85. The Morgan fingerprint density at radius 2 is 2.00 bits per heavy atom. The maximum absolute atomic E-state index is 12.0. The maximum Gasteiger partial charge on any atom is 0.274 e. The maximum atomic E-state index is 12.0. The van der Waals surface area contributed by atoms with E-state index in [1.54, 1.807) is 36.4 Å². The first-order valence-electron chi connectivity index (χ1n) is 6.39. The first kappa shape index (κ1) is 14.5. The van der Waals surface area contributed by atoms with E-state index in [-0.39, 0.29) is 11.7 Å². The van der Waals surface area contributed by atoms with Crippen LogP contribution in [0.15, 0.2) is 47.6 Å². The molecule has 1 heterocycles. The number of amides is 1. The average Bonchev–Trinajstić information content (AvgIpc) is 2.49. The fraction of sp³-hybridized carbons (Fsp3) is 0.133. The van der Waals surface area contributed by atoms with Gasteiger partial charge in [-0.2, -0.15) is 0 Å². The highest BCUT2D eigenvalue weighted by Gasteiger charge is 2.07. The molecule has 0 saturated carbocycles. The van der Waals surface area contributed by atoms with Gasteiger partial charge in [-0.1, -0.05) is 23.4 Å². The molecule has 1 aromatic heterocycles. The van der Waals surface area contributed by atoms with Gasteiger partial charge < -0.3 is 16.3 Å². The molecule has 2 rings (SSSR count). The van der Waals surface area contributed by atoms with Gasteiger partial charge >= 0.3 is 0 Å². The first-order chi connectivity index (χ1) is 10.1. The lowest BCUT2D eigenvalue weighted by atomic mass is 10.1. The van der Waals surface area contributed by atoms with Crippen LogP contribution in [-0.4, -0.2) is 21.9 Å². The molecular formula is C15H16N4O2. The Kier molecular flexibility index (Phi) is 4.50. The lowest BCUT2D eigenvalue weighted by Crippen LogP contribution is -2.15. The molecule has 0 bridgehead atoms. The number of pyridine rings is 1. The monoisotopic (exact) mass is 284 g/mol. The summed E-state index contributed by atoms with van der Waals surface area (Å²) in [7, 11) is 0. The van der Waals surface area contributed by atoms with Gasteiger partial charge in [0.25, 0.3) is 5.91 Å². The van der Waals surface area contributed by atoms with Crippen LogP contribution in [0.3, 0.4) is 0 Å². The van der Waals surface area contributed by atoms with E-state index in [9.17, 15) is 4.79 Å². The summed E-state index contributed by atoms with van der Waals surface area (Å²) in [5.41, 5.74) is 8.14. The lowest BCUT2D eigenvalue weighted by Gasteiger charge is -2.06. The normalized spacial score (nSPS) is 11.2. The van der Waals surface area contributed by atoms with Crippen molar-refractivity contribution in [3.05, 3.63) is 59.4 Å². The Hall–Kier alpha value is -2.89. The van der Waals surface area contributed by atoms with Gasteiger partial charge in [0.15, 0.2) is 0 Å². The van der Waals surface area contributed by atoms with Crippen LogP contribution >= 0.6 is 0 Å². The first-order valence-corrected chi connectivity index (χ1v) is 6.39. The van der Waals surface area contributed by atoms with Crippen LogP contribution in [0, 0.1) is 6.92 Å². The third kappa shape index (κ3) is 4.04. The lowest BCUT2D eigenvalue weighted by molar-refractivity contribution is 0.102. The fourth-order valence-electron chi connectivity index (χ4n) is 1.82. The van der Waals surface area contributed by atoms with Gasteiger partial charge in [-0.15, -0.1) is 0 Å². The van der Waals surface area contributed by atoms with Gasteiger partial charge in [0.05, 0.1) is 0 Å². The number of hydrogen-bond acceptors (Lipinski definition) is 4. The second kappa shape index (κ2) is 6.51. The minimum Gasteiger partial charge on any atom is -0.409 e. The number of amidine groups is 1. The largest absolute Gasteiger partial charge is 0.409 e. The van der Waals surface area contributed by atoms with E-state index in [1.807, 2.05) is 13.0 Å². The molecule has 0 atom stereocenters. The number of carbonyl (C=O) groups excluding carboxylic acids is 1. The minimum absolute atomic E-state index is 0.135. The highest BCUT2D eigenvalue weighted by molar-refractivity contribution is 6.02. The molecule has 0 aliphatic carbocycles. The molecule has 21 heavy (non-hydrogen) atoms. The molecule has 0 unspecified atom stereocenters. The zero-order valence-electron chi connectivity index (χ0n) is 11.6. The fourth-order valence-corrected chi connectivity index (χ4v) is 1.82. The molecule has 1 amide bonds. The number of nitrogens with one attached hydrogen (secondary N) is 1. The SMILES string of the molecule is Cc1cccc(C(=O)Nc2ccc(CC(N)=NO)cc2)n1. The number of rotatable bonds is 4. The van der Waals surface area contributed by atoms with Crippen molar-refractivity contribution in [3.8, 4) is 0 Å². The third-order valence-corrected chi connectivity index (χ3v) is 2.85. The number of anilines is 1. The van der Waals surface area contributed by atoms with Gasteiger partial charge in [-0.05, 0) is 36.8 Å². The van der Waals surface area contributed by atoms with E-state index in [4.69, 9.17) is 10.9 Å². The summed E-state index contributed by atoms with van der Waals surface area (Å²) in [6.45, 7) is 1.83. The van der Waals surface area contributed by atoms with Gasteiger partial charge in [0, 0.05) is 17.8 Å². The Balaban J connectivity index is 2.05. The predicted molar refractivity (Wildman–Crippen MR) is 80.5 cm³/mol. The summed E-state index contributed by atoms with van der Waals surface area (Å²) in [5, 5.41) is 14.2. The van der Waals surface area contributed by atoms with Crippen LogP contribution in [0.4, 0.5) is 5.69 Å². The smallest absolute Gasteiger partial charge is 0.274 e. The van der Waals surface area contributed by atoms with Gasteiger partial charge in [-0.3, -0.25) is 4.79 Å². The molecule has 2 aromatic rings. The van der Waals surface area contributed by atoms with Crippen molar-refractivity contribution in [3.63, 3.8) is 0 Å². The van der Waals surface area contributed by atoms with Gasteiger partial charge in [0.2, 0.25) is 0 Å². The zero-order chi connectivity index (χ0) is 15.2. The zero-order valence-corrected chi connectivity index (χ0v) is 11.6. The standard InChI is InChI=1S/C15H16N4O2/c1-10-3-2-4-13(17-10)15(20)18-12-7-5-11(6-8-12)9-14(16)19-21/h2-8,21H,9H2,1H3,(H2,16,19)(H,18,20). The number of nitrogens with two attached hydrogens (primary N) is 1. The van der Waals surface area contributed by atoms with Crippen molar-refractivity contribution in [1.29, 1.82) is 0 Å². The van der Waals surface area contributed by atoms with Crippen molar-refractivity contribution in [2.24, 2.45) is 10.9 Å². The number of aromatic nitrogens is 1. The van der Waals surface area contributed by atoms with Gasteiger partial charge in [-0.25, -0.2) is 4.98 Å².